The highest BCUT2D eigenvalue weighted by molar-refractivity contribution is 7.89. The van der Waals surface area contributed by atoms with E-state index in [1.807, 2.05) is 0 Å². The van der Waals surface area contributed by atoms with E-state index in [1.54, 1.807) is 25.1 Å². The first-order chi connectivity index (χ1) is 8.37. The molecule has 0 unspecified atom stereocenters. The Morgan fingerprint density at radius 2 is 2.11 bits per heavy atom. The van der Waals surface area contributed by atoms with Gasteiger partial charge in [0.05, 0.1) is 5.56 Å². The molecule has 18 heavy (non-hydrogen) atoms. The molecule has 7 heteroatoms. The zero-order chi connectivity index (χ0) is 13.3. The van der Waals surface area contributed by atoms with E-state index in [2.05, 4.69) is 10.1 Å². The van der Waals surface area contributed by atoms with Crippen LogP contribution in [0.1, 0.15) is 11.4 Å². The van der Waals surface area contributed by atoms with E-state index in [0.717, 1.165) is 6.26 Å². The number of phenolic OH excluding ortho intramolecular Hbond substituents is 1. The molecular formula is C11H12N2O4S. The monoisotopic (exact) mass is 268 g/mol. The minimum Gasteiger partial charge on any atom is -0.507 e. The van der Waals surface area contributed by atoms with Crippen LogP contribution in [-0.2, 0) is 15.6 Å². The van der Waals surface area contributed by atoms with E-state index in [9.17, 15) is 13.5 Å². The first-order valence-electron chi connectivity index (χ1n) is 5.16. The van der Waals surface area contributed by atoms with Crippen molar-refractivity contribution >= 4 is 9.84 Å². The van der Waals surface area contributed by atoms with Gasteiger partial charge in [-0.05, 0) is 18.6 Å². The Hall–Kier alpha value is -1.89. The van der Waals surface area contributed by atoms with Gasteiger partial charge in [-0.2, -0.15) is 4.98 Å². The highest BCUT2D eigenvalue weighted by Crippen LogP contribution is 2.30. The van der Waals surface area contributed by atoms with E-state index in [0.29, 0.717) is 11.1 Å². The van der Waals surface area contributed by atoms with Crippen LogP contribution in [0.5, 0.6) is 5.75 Å². The van der Waals surface area contributed by atoms with E-state index in [1.165, 1.54) is 0 Å². The second-order valence-corrected chi connectivity index (χ2v) is 6.20. The summed E-state index contributed by atoms with van der Waals surface area (Å²) in [6, 6.07) is 5.11. The Balaban J connectivity index is 2.38. The van der Waals surface area contributed by atoms with Gasteiger partial charge in [-0.25, -0.2) is 8.42 Å². The predicted octanol–water partition coefficient (Wildman–Crippen LogP) is 1.30. The van der Waals surface area contributed by atoms with Crippen LogP contribution in [0, 0.1) is 6.92 Å². The standard InChI is InChI=1S/C11H12N2O4S/c1-7-4-3-5-8(10(7)14)11-12-9(13-17-11)6-18(2,15)16/h3-5,14H,6H2,1-2H3. The van der Waals surface area contributed by atoms with Crippen LogP contribution >= 0.6 is 0 Å². The maximum Gasteiger partial charge on any atom is 0.261 e. The molecule has 1 heterocycles. The van der Waals surface area contributed by atoms with Crippen molar-refractivity contribution in [1.29, 1.82) is 0 Å². The molecule has 0 atom stereocenters. The van der Waals surface area contributed by atoms with E-state index in [-0.39, 0.29) is 23.2 Å². The number of hydrogen-bond donors (Lipinski definition) is 1. The van der Waals surface area contributed by atoms with Crippen molar-refractivity contribution in [3.8, 4) is 17.2 Å². The maximum atomic E-state index is 11.1. The van der Waals surface area contributed by atoms with Gasteiger partial charge in [0.25, 0.3) is 5.89 Å². The fourth-order valence-corrected chi connectivity index (χ4v) is 2.07. The molecular weight excluding hydrogens is 256 g/mol. The van der Waals surface area contributed by atoms with Crippen LogP contribution in [-0.4, -0.2) is 29.9 Å². The van der Waals surface area contributed by atoms with Gasteiger partial charge in [-0.15, -0.1) is 0 Å². The summed E-state index contributed by atoms with van der Waals surface area (Å²) in [4.78, 5) is 3.95. The van der Waals surface area contributed by atoms with Crippen LogP contribution in [0.2, 0.25) is 0 Å². The number of aromatic hydroxyl groups is 1. The summed E-state index contributed by atoms with van der Waals surface area (Å²) >= 11 is 0. The smallest absolute Gasteiger partial charge is 0.261 e. The largest absolute Gasteiger partial charge is 0.507 e. The maximum absolute atomic E-state index is 11.1. The molecule has 0 fully saturated rings. The van der Waals surface area contributed by atoms with Crippen LogP contribution in [0.15, 0.2) is 22.7 Å². The highest BCUT2D eigenvalue weighted by atomic mass is 32.2. The zero-order valence-electron chi connectivity index (χ0n) is 9.91. The van der Waals surface area contributed by atoms with Crippen LogP contribution in [0.3, 0.4) is 0 Å². The zero-order valence-corrected chi connectivity index (χ0v) is 10.7. The SMILES string of the molecule is Cc1cccc(-c2nc(CS(C)(=O)=O)no2)c1O. The van der Waals surface area contributed by atoms with Gasteiger partial charge in [0.15, 0.2) is 15.7 Å². The Bertz CT molecular complexity index is 676. The molecule has 0 saturated heterocycles. The van der Waals surface area contributed by atoms with Gasteiger partial charge in [0.1, 0.15) is 11.5 Å². The lowest BCUT2D eigenvalue weighted by Crippen LogP contribution is -2.02. The first-order valence-corrected chi connectivity index (χ1v) is 7.22. The molecule has 1 aromatic carbocycles. The van der Waals surface area contributed by atoms with Crippen molar-refractivity contribution in [3.05, 3.63) is 29.6 Å². The van der Waals surface area contributed by atoms with E-state index >= 15 is 0 Å². The van der Waals surface area contributed by atoms with Gasteiger partial charge in [-0.3, -0.25) is 0 Å². The number of nitrogens with zero attached hydrogens (tertiary/aromatic N) is 2. The molecule has 0 aliphatic carbocycles. The average Bonchev–Trinajstić information content (AvgIpc) is 2.68. The molecule has 0 bridgehead atoms. The molecule has 2 aromatic rings. The first kappa shape index (κ1) is 12.6. The topological polar surface area (TPSA) is 93.3 Å². The molecule has 0 aliphatic heterocycles. The molecule has 0 amide bonds. The van der Waals surface area contributed by atoms with Gasteiger partial charge < -0.3 is 9.63 Å². The van der Waals surface area contributed by atoms with Crippen LogP contribution in [0.25, 0.3) is 11.5 Å². The summed E-state index contributed by atoms with van der Waals surface area (Å²) in [5.41, 5.74) is 1.07. The van der Waals surface area contributed by atoms with Gasteiger partial charge in [-0.1, -0.05) is 17.3 Å². The van der Waals surface area contributed by atoms with Crippen molar-refractivity contribution in [2.75, 3.05) is 6.26 Å². The number of aromatic nitrogens is 2. The lowest BCUT2D eigenvalue weighted by Gasteiger charge is -2.01. The second kappa shape index (κ2) is 4.41. The number of hydrogen-bond acceptors (Lipinski definition) is 6. The summed E-state index contributed by atoms with van der Waals surface area (Å²) in [6.07, 6.45) is 1.09. The van der Waals surface area contributed by atoms with E-state index < -0.39 is 9.84 Å². The summed E-state index contributed by atoms with van der Waals surface area (Å²) in [7, 11) is -3.21. The fraction of sp³-hybridized carbons (Fsp3) is 0.273. The van der Waals surface area contributed by atoms with Crippen molar-refractivity contribution in [2.24, 2.45) is 0 Å². The lowest BCUT2D eigenvalue weighted by atomic mass is 10.1. The predicted molar refractivity (Wildman–Crippen MR) is 64.7 cm³/mol. The van der Waals surface area contributed by atoms with Crippen molar-refractivity contribution in [1.82, 2.24) is 10.1 Å². The number of sulfone groups is 1. The molecule has 0 aliphatic rings. The highest BCUT2D eigenvalue weighted by Gasteiger charge is 2.16. The molecule has 1 N–H and O–H groups in total. The molecule has 2 rings (SSSR count). The molecule has 0 saturated carbocycles. The Morgan fingerprint density at radius 3 is 2.78 bits per heavy atom. The van der Waals surface area contributed by atoms with Gasteiger partial charge in [0.2, 0.25) is 0 Å². The fourth-order valence-electron chi connectivity index (χ4n) is 1.49. The molecule has 0 radical (unpaired) electrons. The third-order valence-corrected chi connectivity index (χ3v) is 3.11. The van der Waals surface area contributed by atoms with Gasteiger partial charge >= 0.3 is 0 Å². The Kier molecular flexibility index (Phi) is 3.08. The Labute approximate surface area is 104 Å². The summed E-state index contributed by atoms with van der Waals surface area (Å²) in [5, 5.41) is 13.4. The third-order valence-electron chi connectivity index (χ3n) is 2.33. The molecule has 0 spiro atoms. The number of phenols is 1. The normalized spacial score (nSPS) is 11.7. The average molecular weight is 268 g/mol. The quantitative estimate of drug-likeness (QED) is 0.901. The van der Waals surface area contributed by atoms with Crippen molar-refractivity contribution in [2.45, 2.75) is 12.7 Å². The third kappa shape index (κ3) is 2.67. The summed E-state index contributed by atoms with van der Waals surface area (Å²) < 4.78 is 27.1. The number of rotatable bonds is 3. The van der Waals surface area contributed by atoms with Crippen LogP contribution < -0.4 is 0 Å². The molecule has 1 aromatic heterocycles. The summed E-state index contributed by atoms with van der Waals surface area (Å²) in [6.45, 7) is 1.74. The Morgan fingerprint density at radius 1 is 1.39 bits per heavy atom. The van der Waals surface area contributed by atoms with E-state index in [4.69, 9.17) is 4.52 Å². The number of aryl methyl sites for hydroxylation is 1. The molecule has 6 nitrogen and oxygen atoms in total. The lowest BCUT2D eigenvalue weighted by molar-refractivity contribution is 0.418. The minimum absolute atomic E-state index is 0.0482. The minimum atomic E-state index is -3.21. The molecule has 96 valence electrons. The second-order valence-electron chi connectivity index (χ2n) is 4.06. The number of benzene rings is 1. The van der Waals surface area contributed by atoms with Crippen molar-refractivity contribution < 1.29 is 18.0 Å². The van der Waals surface area contributed by atoms with Crippen molar-refractivity contribution in [3.63, 3.8) is 0 Å². The summed E-state index contributed by atoms with van der Waals surface area (Å²) in [5.74, 6) is -0.0568. The van der Waals surface area contributed by atoms with Crippen LogP contribution in [0.4, 0.5) is 0 Å². The van der Waals surface area contributed by atoms with Gasteiger partial charge in [0, 0.05) is 6.26 Å². The number of para-hydroxylation sites is 1.